The lowest BCUT2D eigenvalue weighted by molar-refractivity contribution is 0.473. The van der Waals surface area contributed by atoms with Crippen molar-refractivity contribution in [3.05, 3.63) is 206 Å². The van der Waals surface area contributed by atoms with Gasteiger partial charge in [0.1, 0.15) is 0 Å². The topological polar surface area (TPSA) is 0 Å². The van der Waals surface area contributed by atoms with Gasteiger partial charge in [0.05, 0.1) is 23.6 Å². The van der Waals surface area contributed by atoms with Gasteiger partial charge < -0.3 is 0 Å². The van der Waals surface area contributed by atoms with Crippen LogP contribution in [0.2, 0.25) is 0 Å². The van der Waals surface area contributed by atoms with Gasteiger partial charge in [-0.2, -0.15) is 0 Å². The molecule has 1 aliphatic carbocycles. The van der Waals surface area contributed by atoms with Gasteiger partial charge in [-0.3, -0.25) is 0 Å². The summed E-state index contributed by atoms with van der Waals surface area (Å²) in [5.41, 5.74) is 21.5. The minimum atomic E-state index is 0.0639. The molecule has 0 N–H and O–H groups in total. The first-order valence-electron chi connectivity index (χ1n) is 25.1. The van der Waals surface area contributed by atoms with Gasteiger partial charge in [0.25, 0.3) is 0 Å². The van der Waals surface area contributed by atoms with Crippen LogP contribution < -0.4 is 0 Å². The van der Waals surface area contributed by atoms with Crippen LogP contribution in [0, 0.1) is 17.3 Å². The fourth-order valence-corrected chi connectivity index (χ4v) is 9.58. The average molecular weight is 877 g/mol. The molecule has 0 spiro atoms. The van der Waals surface area contributed by atoms with Gasteiger partial charge in [-0.1, -0.05) is 248 Å². The minimum Gasteiger partial charge on any atom is -0.0996 e. The molecule has 0 heteroatoms. The largest absolute Gasteiger partial charge is 0.0996 e. The van der Waals surface area contributed by atoms with Gasteiger partial charge in [0.15, 0.2) is 0 Å². The van der Waals surface area contributed by atoms with Crippen LogP contribution in [0.4, 0.5) is 0 Å². The van der Waals surface area contributed by atoms with Crippen molar-refractivity contribution in [2.75, 3.05) is 0 Å². The SMILES string of the molecule is CC(C)c1cc(C(C)C)c(-c2cc([C-](c3ccc(C(C)(C)C)cc3)c3ccc(C(C)(C)C)cc3)c(C(C)C)cc2C(C)C)cc1C(=C1C=C[C+](C(C)(C)C)C=C1)c1ccc(C(C)(C)C)cc1. The van der Waals surface area contributed by atoms with E-state index >= 15 is 0 Å². The molecule has 0 saturated heterocycles. The molecule has 0 heterocycles. The first-order valence-corrected chi connectivity index (χ1v) is 25.1. The highest BCUT2D eigenvalue weighted by molar-refractivity contribution is 5.90. The van der Waals surface area contributed by atoms with E-state index in [9.17, 15) is 0 Å². The Morgan fingerprint density at radius 3 is 1.15 bits per heavy atom. The highest BCUT2D eigenvalue weighted by atomic mass is 14.3. The minimum absolute atomic E-state index is 0.0639. The second-order valence-electron chi connectivity index (χ2n) is 24.7. The van der Waals surface area contributed by atoms with Crippen molar-refractivity contribution in [2.24, 2.45) is 5.41 Å². The second kappa shape index (κ2) is 19.0. The summed E-state index contributed by atoms with van der Waals surface area (Å²) in [5.74, 6) is 3.92. The molecule has 5 aromatic carbocycles. The number of hydrogen-bond acceptors (Lipinski definition) is 0. The monoisotopic (exact) mass is 877 g/mol. The van der Waals surface area contributed by atoms with Crippen LogP contribution >= 0.6 is 0 Å². The lowest BCUT2D eigenvalue weighted by atomic mass is 9.74. The van der Waals surface area contributed by atoms with E-state index < -0.39 is 0 Å². The van der Waals surface area contributed by atoms with Crippen LogP contribution in [-0.2, 0) is 16.2 Å². The molecule has 0 aliphatic heterocycles. The number of allylic oxidation sites excluding steroid dienone is 5. The van der Waals surface area contributed by atoms with Crippen molar-refractivity contribution in [3.63, 3.8) is 0 Å². The Balaban J connectivity index is 1.73. The van der Waals surface area contributed by atoms with Crippen molar-refractivity contribution >= 4 is 5.57 Å². The molecule has 0 fully saturated rings. The van der Waals surface area contributed by atoms with Crippen LogP contribution in [0.1, 0.15) is 229 Å². The maximum absolute atomic E-state index is 2.60. The molecular weight excluding hydrogens is 793 g/mol. The third-order valence-electron chi connectivity index (χ3n) is 13.9. The normalized spacial score (nSPS) is 13.8. The van der Waals surface area contributed by atoms with Crippen LogP contribution in [0.5, 0.6) is 0 Å². The van der Waals surface area contributed by atoms with E-state index in [1.807, 2.05) is 0 Å². The summed E-state index contributed by atoms with van der Waals surface area (Å²) in [7, 11) is 0. The molecule has 348 valence electrons. The predicted molar refractivity (Wildman–Crippen MR) is 291 cm³/mol. The van der Waals surface area contributed by atoms with Crippen molar-refractivity contribution < 1.29 is 0 Å². The van der Waals surface area contributed by atoms with Crippen molar-refractivity contribution in [2.45, 2.75) is 178 Å². The van der Waals surface area contributed by atoms with Crippen LogP contribution in [-0.4, -0.2) is 0 Å². The van der Waals surface area contributed by atoms with Crippen LogP contribution in [0.25, 0.3) is 16.7 Å². The third-order valence-corrected chi connectivity index (χ3v) is 13.9. The van der Waals surface area contributed by atoms with Crippen LogP contribution in [0.3, 0.4) is 0 Å². The van der Waals surface area contributed by atoms with E-state index in [1.54, 1.807) is 0 Å². The van der Waals surface area contributed by atoms with E-state index in [0.29, 0.717) is 23.7 Å². The molecule has 0 aromatic heterocycles. The molecule has 66 heavy (non-hydrogen) atoms. The van der Waals surface area contributed by atoms with Gasteiger partial charge in [0, 0.05) is 23.1 Å². The Labute approximate surface area is 404 Å². The Kier molecular flexibility index (Phi) is 14.5. The molecule has 0 unspecified atom stereocenters. The van der Waals surface area contributed by atoms with E-state index in [2.05, 4.69) is 260 Å². The zero-order valence-electron chi connectivity index (χ0n) is 44.9. The Morgan fingerprint density at radius 2 is 0.788 bits per heavy atom. The average Bonchev–Trinajstić information content (AvgIpc) is 3.22. The lowest BCUT2D eigenvalue weighted by Crippen LogP contribution is -2.15. The molecule has 1 aliphatic rings. The molecule has 0 nitrogen and oxygen atoms in total. The Hall–Kier alpha value is -4.94. The Bertz CT molecular complexity index is 2490. The van der Waals surface area contributed by atoms with E-state index in [4.69, 9.17) is 0 Å². The summed E-state index contributed by atoms with van der Waals surface area (Å²) >= 11 is 0. The maximum Gasteiger partial charge on any atom is 0.0922 e. The fraction of sp³-hybridized carbons (Fsp3) is 0.424. The Morgan fingerprint density at radius 1 is 0.424 bits per heavy atom. The molecule has 0 radical (unpaired) electrons. The van der Waals surface area contributed by atoms with Gasteiger partial charge >= 0.3 is 0 Å². The van der Waals surface area contributed by atoms with Crippen LogP contribution in [0.15, 0.2) is 127 Å². The quantitative estimate of drug-likeness (QED) is 0.0969. The number of rotatable bonds is 10. The first kappa shape index (κ1) is 50.5. The van der Waals surface area contributed by atoms with E-state index in [-0.39, 0.29) is 21.7 Å². The summed E-state index contributed by atoms with van der Waals surface area (Å²) in [4.78, 5) is 0. The van der Waals surface area contributed by atoms with E-state index in [0.717, 1.165) is 0 Å². The zero-order valence-corrected chi connectivity index (χ0v) is 44.9. The van der Waals surface area contributed by atoms with E-state index in [1.165, 1.54) is 101 Å². The molecule has 0 amide bonds. The molecule has 0 bridgehead atoms. The standard InChI is InChI=1S/C66H84/c1-41(2)53-37-55(43(5)6)59(61(45-21-29-49(30-22-45)63(9,10)11)46-23-31-50(32-24-46)64(12,13)14)39-57(53)58-40-60(56(44(7)8)38-54(58)42(3)4)62(47-25-33-51(34-26-47)65(15,16)17)48-27-35-52(36-28-48)66(18,19)20/h21-44H,1-20H3. The first-order chi connectivity index (χ1) is 30.6. The molecular formula is C66H84. The molecule has 5 aromatic rings. The molecule has 0 saturated carbocycles. The van der Waals surface area contributed by atoms with Crippen molar-refractivity contribution in [3.8, 4) is 11.1 Å². The van der Waals surface area contributed by atoms with Gasteiger partial charge in [-0.15, -0.1) is 0 Å². The van der Waals surface area contributed by atoms with Gasteiger partial charge in [0.2, 0.25) is 0 Å². The summed E-state index contributed by atoms with van der Waals surface area (Å²) < 4.78 is 0. The summed E-state index contributed by atoms with van der Waals surface area (Å²) in [5, 5.41) is 0. The second-order valence-corrected chi connectivity index (χ2v) is 24.7. The number of benzene rings is 5. The number of hydrogen-bond donors (Lipinski definition) is 0. The summed E-state index contributed by atoms with van der Waals surface area (Å²) in [6.07, 6.45) is 9.45. The molecule has 0 atom stereocenters. The highest BCUT2D eigenvalue weighted by Crippen LogP contribution is 2.47. The zero-order chi connectivity index (χ0) is 48.8. The summed E-state index contributed by atoms with van der Waals surface area (Å²) in [6, 6.07) is 38.7. The smallest absolute Gasteiger partial charge is 0.0922 e. The van der Waals surface area contributed by atoms with Crippen molar-refractivity contribution in [1.82, 2.24) is 0 Å². The fourth-order valence-electron chi connectivity index (χ4n) is 9.58. The third kappa shape index (κ3) is 10.9. The van der Waals surface area contributed by atoms with Crippen molar-refractivity contribution in [1.29, 1.82) is 0 Å². The lowest BCUT2D eigenvalue weighted by Gasteiger charge is -2.33. The maximum atomic E-state index is 2.60. The van der Waals surface area contributed by atoms with Gasteiger partial charge in [-0.05, 0) is 111 Å². The predicted octanol–water partition coefficient (Wildman–Crippen LogP) is 19.3. The summed E-state index contributed by atoms with van der Waals surface area (Å²) in [6.45, 7) is 46.7. The van der Waals surface area contributed by atoms with Gasteiger partial charge in [-0.25, -0.2) is 0 Å². The molecule has 6 rings (SSSR count). The highest BCUT2D eigenvalue weighted by Gasteiger charge is 2.31.